The number of carbonyl (C=O) groups is 1. The number of aromatic nitrogens is 1. The van der Waals surface area contributed by atoms with Gasteiger partial charge >= 0.3 is 0 Å². The summed E-state index contributed by atoms with van der Waals surface area (Å²) < 4.78 is 10.5. The van der Waals surface area contributed by atoms with Gasteiger partial charge < -0.3 is 19.7 Å². The lowest BCUT2D eigenvalue weighted by molar-refractivity contribution is -0.123. The highest BCUT2D eigenvalue weighted by Gasteiger charge is 2.11. The molecule has 6 nitrogen and oxygen atoms in total. The maximum absolute atomic E-state index is 11.8. The zero-order valence-corrected chi connectivity index (χ0v) is 13.6. The van der Waals surface area contributed by atoms with Crippen LogP contribution in [-0.4, -0.2) is 22.8 Å². The number of ether oxygens (including phenoxy) is 1. The van der Waals surface area contributed by atoms with Crippen LogP contribution in [0.2, 0.25) is 0 Å². The Morgan fingerprint density at radius 1 is 1.35 bits per heavy atom. The predicted octanol–water partition coefficient (Wildman–Crippen LogP) is 2.43. The van der Waals surface area contributed by atoms with Crippen molar-refractivity contribution in [3.8, 4) is 5.75 Å². The van der Waals surface area contributed by atoms with Crippen molar-refractivity contribution in [1.29, 1.82) is 0 Å². The lowest BCUT2D eigenvalue weighted by Crippen LogP contribution is -2.28. The van der Waals surface area contributed by atoms with E-state index < -0.39 is 6.10 Å². The van der Waals surface area contributed by atoms with Crippen LogP contribution in [-0.2, 0) is 11.3 Å². The molecule has 2 N–H and O–H groups in total. The first-order valence-corrected chi connectivity index (χ1v) is 7.60. The molecule has 0 fully saturated rings. The van der Waals surface area contributed by atoms with Gasteiger partial charge in [0.05, 0.1) is 11.8 Å². The third kappa shape index (κ3) is 4.56. The summed E-state index contributed by atoms with van der Waals surface area (Å²) in [6, 6.07) is 7.09. The Morgan fingerprint density at radius 3 is 2.61 bits per heavy atom. The molecule has 0 saturated carbocycles. The van der Waals surface area contributed by atoms with E-state index in [0.717, 1.165) is 16.8 Å². The van der Waals surface area contributed by atoms with Crippen LogP contribution < -0.4 is 10.1 Å². The van der Waals surface area contributed by atoms with E-state index in [1.54, 1.807) is 24.3 Å². The van der Waals surface area contributed by atoms with E-state index in [1.165, 1.54) is 0 Å². The van der Waals surface area contributed by atoms with Crippen LogP contribution in [0.5, 0.6) is 5.75 Å². The molecule has 0 aliphatic rings. The smallest absolute Gasteiger partial charge is 0.258 e. The molecule has 0 saturated heterocycles. The average molecular weight is 318 g/mol. The standard InChI is InChI=1S/C17H22N2O4/c1-4-16(20)13-5-7-14(8-6-13)22-10-17(21)18-9-15-11(2)19-23-12(15)3/h5-8,16,20H,4,9-10H2,1-3H3,(H,18,21)/t16-/m1/s1. The van der Waals surface area contributed by atoms with Gasteiger partial charge in [0.1, 0.15) is 11.5 Å². The summed E-state index contributed by atoms with van der Waals surface area (Å²) >= 11 is 0. The van der Waals surface area contributed by atoms with Gasteiger partial charge in [-0.05, 0) is 38.0 Å². The number of amides is 1. The quantitative estimate of drug-likeness (QED) is 0.819. The number of aryl methyl sites for hydroxylation is 2. The number of aliphatic hydroxyl groups excluding tert-OH is 1. The van der Waals surface area contributed by atoms with Crippen LogP contribution in [0.25, 0.3) is 0 Å². The summed E-state index contributed by atoms with van der Waals surface area (Å²) in [6.45, 7) is 5.85. The Hall–Kier alpha value is -2.34. The summed E-state index contributed by atoms with van der Waals surface area (Å²) in [4.78, 5) is 11.8. The number of nitrogens with one attached hydrogen (secondary N) is 1. The summed E-state index contributed by atoms with van der Waals surface area (Å²) in [5.74, 6) is 1.07. The monoisotopic (exact) mass is 318 g/mol. The molecule has 1 atom stereocenters. The molecule has 23 heavy (non-hydrogen) atoms. The van der Waals surface area contributed by atoms with E-state index >= 15 is 0 Å². The van der Waals surface area contributed by atoms with Gasteiger partial charge in [0.25, 0.3) is 5.91 Å². The molecule has 1 heterocycles. The minimum atomic E-state index is -0.470. The molecule has 0 spiro atoms. The van der Waals surface area contributed by atoms with Gasteiger partial charge in [-0.25, -0.2) is 0 Å². The highest BCUT2D eigenvalue weighted by molar-refractivity contribution is 5.77. The molecule has 0 bridgehead atoms. The number of benzene rings is 1. The fourth-order valence-corrected chi connectivity index (χ4v) is 2.16. The normalized spacial score (nSPS) is 12.0. The van der Waals surface area contributed by atoms with E-state index in [0.29, 0.717) is 24.5 Å². The van der Waals surface area contributed by atoms with Crippen molar-refractivity contribution >= 4 is 5.91 Å². The first-order chi connectivity index (χ1) is 11.0. The minimum absolute atomic E-state index is 0.0704. The van der Waals surface area contributed by atoms with Crippen LogP contribution in [0.3, 0.4) is 0 Å². The van der Waals surface area contributed by atoms with Crippen molar-refractivity contribution in [3.63, 3.8) is 0 Å². The van der Waals surface area contributed by atoms with Gasteiger partial charge in [0, 0.05) is 12.1 Å². The van der Waals surface area contributed by atoms with E-state index in [1.807, 2.05) is 20.8 Å². The number of hydrogen-bond acceptors (Lipinski definition) is 5. The lowest BCUT2D eigenvalue weighted by Gasteiger charge is -2.10. The van der Waals surface area contributed by atoms with Gasteiger partial charge in [0.15, 0.2) is 6.61 Å². The van der Waals surface area contributed by atoms with Crippen LogP contribution in [0.15, 0.2) is 28.8 Å². The predicted molar refractivity (Wildman–Crippen MR) is 85.0 cm³/mol. The Kier molecular flexibility index (Phi) is 5.76. The SMILES string of the molecule is CC[C@@H](O)c1ccc(OCC(=O)NCc2c(C)noc2C)cc1. The molecule has 124 valence electrons. The van der Waals surface area contributed by atoms with Gasteiger partial charge in [0.2, 0.25) is 0 Å². The van der Waals surface area contributed by atoms with Crippen molar-refractivity contribution in [3.05, 3.63) is 46.8 Å². The van der Waals surface area contributed by atoms with Gasteiger partial charge in [-0.1, -0.05) is 24.2 Å². The Balaban J connectivity index is 1.80. The Morgan fingerprint density at radius 2 is 2.04 bits per heavy atom. The van der Waals surface area contributed by atoms with Crippen LogP contribution >= 0.6 is 0 Å². The fraction of sp³-hybridized carbons (Fsp3) is 0.412. The third-order valence-corrected chi connectivity index (χ3v) is 3.67. The van der Waals surface area contributed by atoms with Crippen molar-refractivity contribution < 1.29 is 19.2 Å². The number of rotatable bonds is 7. The molecule has 0 aliphatic heterocycles. The highest BCUT2D eigenvalue weighted by atomic mass is 16.5. The van der Waals surface area contributed by atoms with Gasteiger partial charge in [-0.15, -0.1) is 0 Å². The number of hydrogen-bond donors (Lipinski definition) is 2. The third-order valence-electron chi connectivity index (χ3n) is 3.67. The van der Waals surface area contributed by atoms with Crippen LogP contribution in [0.1, 0.15) is 42.0 Å². The zero-order chi connectivity index (χ0) is 16.8. The van der Waals surface area contributed by atoms with Gasteiger partial charge in [-0.3, -0.25) is 4.79 Å². The van der Waals surface area contributed by atoms with Crippen molar-refractivity contribution in [1.82, 2.24) is 10.5 Å². The maximum Gasteiger partial charge on any atom is 0.258 e. The van der Waals surface area contributed by atoms with E-state index in [4.69, 9.17) is 9.26 Å². The molecule has 6 heteroatoms. The van der Waals surface area contributed by atoms with E-state index in [2.05, 4.69) is 10.5 Å². The molecule has 0 unspecified atom stereocenters. The zero-order valence-electron chi connectivity index (χ0n) is 13.6. The summed E-state index contributed by atoms with van der Waals surface area (Å²) in [5, 5.41) is 16.3. The molecule has 1 aromatic heterocycles. The molecule has 0 aliphatic carbocycles. The largest absolute Gasteiger partial charge is 0.484 e. The van der Waals surface area contributed by atoms with Crippen LogP contribution in [0.4, 0.5) is 0 Å². The second-order valence-corrected chi connectivity index (χ2v) is 5.36. The molecular formula is C17H22N2O4. The topological polar surface area (TPSA) is 84.6 Å². The lowest BCUT2D eigenvalue weighted by atomic mass is 10.1. The highest BCUT2D eigenvalue weighted by Crippen LogP contribution is 2.19. The Bertz CT molecular complexity index is 630. The molecule has 1 aromatic carbocycles. The fourth-order valence-electron chi connectivity index (χ4n) is 2.16. The van der Waals surface area contributed by atoms with Gasteiger partial charge in [-0.2, -0.15) is 0 Å². The number of aliphatic hydroxyl groups is 1. The van der Waals surface area contributed by atoms with E-state index in [9.17, 15) is 9.90 Å². The summed E-state index contributed by atoms with van der Waals surface area (Å²) in [6.07, 6.45) is 0.187. The molecule has 2 aromatic rings. The Labute approximate surface area is 135 Å². The first kappa shape index (κ1) is 17.0. The minimum Gasteiger partial charge on any atom is -0.484 e. The van der Waals surface area contributed by atoms with Crippen LogP contribution in [0, 0.1) is 13.8 Å². The first-order valence-electron chi connectivity index (χ1n) is 7.60. The second-order valence-electron chi connectivity index (χ2n) is 5.36. The summed E-state index contributed by atoms with van der Waals surface area (Å²) in [7, 11) is 0. The van der Waals surface area contributed by atoms with Crippen molar-refractivity contribution in [2.75, 3.05) is 6.61 Å². The van der Waals surface area contributed by atoms with Crippen molar-refractivity contribution in [2.24, 2.45) is 0 Å². The van der Waals surface area contributed by atoms with Crippen molar-refractivity contribution in [2.45, 2.75) is 39.8 Å². The average Bonchev–Trinajstić information content (AvgIpc) is 2.89. The molecule has 1 amide bonds. The molecule has 2 rings (SSSR count). The summed E-state index contributed by atoms with van der Waals surface area (Å²) in [5.41, 5.74) is 2.49. The van der Waals surface area contributed by atoms with E-state index in [-0.39, 0.29) is 12.5 Å². The number of nitrogens with zero attached hydrogens (tertiary/aromatic N) is 1. The number of carbonyl (C=O) groups excluding carboxylic acids is 1. The molecular weight excluding hydrogens is 296 g/mol. The maximum atomic E-state index is 11.8. The molecule has 0 radical (unpaired) electrons. The second kappa shape index (κ2) is 7.78.